The Labute approximate surface area is 104 Å². The average molecular weight is 233 g/mol. The van der Waals surface area contributed by atoms with Gasteiger partial charge in [-0.2, -0.15) is 0 Å². The maximum absolute atomic E-state index is 9.23. The second-order valence-corrected chi connectivity index (χ2v) is 5.55. The molecule has 0 radical (unpaired) electrons. The van der Waals surface area contributed by atoms with Crippen LogP contribution in [0.2, 0.25) is 0 Å². The van der Waals surface area contributed by atoms with Crippen LogP contribution in [0.15, 0.2) is 24.3 Å². The van der Waals surface area contributed by atoms with Gasteiger partial charge in [0.15, 0.2) is 0 Å². The highest BCUT2D eigenvalue weighted by molar-refractivity contribution is 5.26. The van der Waals surface area contributed by atoms with Crippen molar-refractivity contribution in [1.82, 2.24) is 5.32 Å². The second kappa shape index (κ2) is 5.54. The van der Waals surface area contributed by atoms with Crippen molar-refractivity contribution in [3.8, 4) is 5.75 Å². The first-order chi connectivity index (χ1) is 8.13. The number of hydrogen-bond donors (Lipinski definition) is 2. The van der Waals surface area contributed by atoms with E-state index in [1.165, 1.54) is 24.8 Å². The summed E-state index contributed by atoms with van der Waals surface area (Å²) in [5, 5.41) is 12.9. The number of hydrogen-bond acceptors (Lipinski definition) is 2. The van der Waals surface area contributed by atoms with Crippen LogP contribution in [0.3, 0.4) is 0 Å². The van der Waals surface area contributed by atoms with Gasteiger partial charge in [0.25, 0.3) is 0 Å². The summed E-state index contributed by atoms with van der Waals surface area (Å²) in [5.41, 5.74) is 1.29. The number of nitrogens with one attached hydrogen (secondary N) is 1. The van der Waals surface area contributed by atoms with Gasteiger partial charge in [-0.15, -0.1) is 0 Å². The van der Waals surface area contributed by atoms with Crippen LogP contribution in [-0.2, 0) is 6.42 Å². The molecule has 0 aliphatic heterocycles. The molecule has 2 nitrogen and oxygen atoms in total. The lowest BCUT2D eigenvalue weighted by Crippen LogP contribution is -2.36. The first kappa shape index (κ1) is 12.4. The Hall–Kier alpha value is -1.02. The molecule has 1 aliphatic carbocycles. The van der Waals surface area contributed by atoms with E-state index in [1.54, 1.807) is 12.1 Å². The Balaban J connectivity index is 1.80. The van der Waals surface area contributed by atoms with Crippen LogP contribution < -0.4 is 5.32 Å². The summed E-state index contributed by atoms with van der Waals surface area (Å²) >= 11 is 0. The highest BCUT2D eigenvalue weighted by atomic mass is 16.3. The second-order valence-electron chi connectivity index (χ2n) is 5.55. The van der Waals surface area contributed by atoms with Crippen LogP contribution in [0.5, 0.6) is 5.75 Å². The SMILES string of the molecule is CC1CCC(NC(C)Cc2ccc(O)cc2)C1. The lowest BCUT2D eigenvalue weighted by atomic mass is 10.1. The zero-order chi connectivity index (χ0) is 12.3. The fraction of sp³-hybridized carbons (Fsp3) is 0.600. The van der Waals surface area contributed by atoms with Crippen LogP contribution >= 0.6 is 0 Å². The van der Waals surface area contributed by atoms with E-state index in [9.17, 15) is 5.11 Å². The predicted molar refractivity (Wildman–Crippen MR) is 71.2 cm³/mol. The Morgan fingerprint density at radius 3 is 2.59 bits per heavy atom. The van der Waals surface area contributed by atoms with Crippen LogP contribution in [-0.4, -0.2) is 17.2 Å². The van der Waals surface area contributed by atoms with E-state index in [4.69, 9.17) is 0 Å². The van der Waals surface area contributed by atoms with Crippen LogP contribution in [0.4, 0.5) is 0 Å². The molecule has 94 valence electrons. The highest BCUT2D eigenvalue weighted by Crippen LogP contribution is 2.25. The van der Waals surface area contributed by atoms with Crippen molar-refractivity contribution in [2.45, 2.75) is 51.6 Å². The maximum atomic E-state index is 9.23. The van der Waals surface area contributed by atoms with Gasteiger partial charge < -0.3 is 10.4 Å². The minimum atomic E-state index is 0.346. The van der Waals surface area contributed by atoms with E-state index in [0.29, 0.717) is 17.8 Å². The summed E-state index contributed by atoms with van der Waals surface area (Å²) in [6.45, 7) is 4.59. The summed E-state index contributed by atoms with van der Waals surface area (Å²) < 4.78 is 0. The average Bonchev–Trinajstić information content (AvgIpc) is 2.67. The van der Waals surface area contributed by atoms with E-state index >= 15 is 0 Å². The first-order valence-electron chi connectivity index (χ1n) is 6.67. The fourth-order valence-corrected chi connectivity index (χ4v) is 2.81. The predicted octanol–water partition coefficient (Wildman–Crippen LogP) is 3.10. The third-order valence-corrected chi connectivity index (χ3v) is 3.69. The molecule has 1 saturated carbocycles. The van der Waals surface area contributed by atoms with E-state index in [0.717, 1.165) is 12.3 Å². The van der Waals surface area contributed by atoms with Crippen molar-refractivity contribution in [2.75, 3.05) is 0 Å². The Bertz CT molecular complexity index is 346. The zero-order valence-corrected chi connectivity index (χ0v) is 10.8. The van der Waals surface area contributed by atoms with Gasteiger partial charge in [-0.25, -0.2) is 0 Å². The summed E-state index contributed by atoms with van der Waals surface area (Å²) in [6.07, 6.45) is 5.04. The molecule has 17 heavy (non-hydrogen) atoms. The van der Waals surface area contributed by atoms with Gasteiger partial charge in [0.05, 0.1) is 0 Å². The van der Waals surface area contributed by atoms with E-state index in [-0.39, 0.29) is 0 Å². The molecule has 2 N–H and O–H groups in total. The molecule has 3 atom stereocenters. The van der Waals surface area contributed by atoms with Crippen LogP contribution in [0.25, 0.3) is 0 Å². The van der Waals surface area contributed by atoms with Gasteiger partial charge >= 0.3 is 0 Å². The van der Waals surface area contributed by atoms with Gasteiger partial charge in [-0.1, -0.05) is 19.1 Å². The fourth-order valence-electron chi connectivity index (χ4n) is 2.81. The zero-order valence-electron chi connectivity index (χ0n) is 10.8. The third-order valence-electron chi connectivity index (χ3n) is 3.69. The van der Waals surface area contributed by atoms with E-state index in [1.807, 2.05) is 12.1 Å². The lowest BCUT2D eigenvalue weighted by molar-refractivity contribution is 0.437. The Morgan fingerprint density at radius 1 is 1.29 bits per heavy atom. The highest BCUT2D eigenvalue weighted by Gasteiger charge is 2.22. The largest absolute Gasteiger partial charge is 0.508 e. The molecule has 0 bridgehead atoms. The monoisotopic (exact) mass is 233 g/mol. The van der Waals surface area contributed by atoms with Gasteiger partial charge in [0, 0.05) is 12.1 Å². The minimum Gasteiger partial charge on any atom is -0.508 e. The molecule has 1 aliphatic rings. The summed E-state index contributed by atoms with van der Waals surface area (Å²) in [5.74, 6) is 1.23. The number of benzene rings is 1. The molecular weight excluding hydrogens is 210 g/mol. The maximum Gasteiger partial charge on any atom is 0.115 e. The molecule has 2 rings (SSSR count). The number of phenols is 1. The van der Waals surface area contributed by atoms with Crippen molar-refractivity contribution in [3.05, 3.63) is 29.8 Å². The minimum absolute atomic E-state index is 0.346. The Morgan fingerprint density at radius 2 is 2.00 bits per heavy atom. The molecule has 3 unspecified atom stereocenters. The molecule has 2 heteroatoms. The molecule has 0 aromatic heterocycles. The third kappa shape index (κ3) is 3.74. The first-order valence-corrected chi connectivity index (χ1v) is 6.67. The van der Waals surface area contributed by atoms with Crippen molar-refractivity contribution in [1.29, 1.82) is 0 Å². The quantitative estimate of drug-likeness (QED) is 0.837. The van der Waals surface area contributed by atoms with E-state index in [2.05, 4.69) is 19.2 Å². The molecule has 0 amide bonds. The van der Waals surface area contributed by atoms with Crippen molar-refractivity contribution in [2.24, 2.45) is 5.92 Å². The number of phenolic OH excluding ortho intramolecular Hbond substituents is 1. The van der Waals surface area contributed by atoms with Gasteiger partial charge in [0.2, 0.25) is 0 Å². The molecule has 0 saturated heterocycles. The van der Waals surface area contributed by atoms with Gasteiger partial charge in [0.1, 0.15) is 5.75 Å². The molecule has 1 aromatic rings. The standard InChI is InChI=1S/C15H23NO/c1-11-3-6-14(9-11)16-12(2)10-13-4-7-15(17)8-5-13/h4-5,7-8,11-12,14,16-17H,3,6,9-10H2,1-2H3. The molecule has 0 spiro atoms. The van der Waals surface area contributed by atoms with Gasteiger partial charge in [-0.3, -0.25) is 0 Å². The van der Waals surface area contributed by atoms with Crippen LogP contribution in [0, 0.1) is 5.92 Å². The number of aromatic hydroxyl groups is 1. The Kier molecular flexibility index (Phi) is 4.06. The number of rotatable bonds is 4. The van der Waals surface area contributed by atoms with Crippen molar-refractivity contribution in [3.63, 3.8) is 0 Å². The smallest absolute Gasteiger partial charge is 0.115 e. The molecule has 1 aromatic carbocycles. The van der Waals surface area contributed by atoms with Gasteiger partial charge in [-0.05, 0) is 56.2 Å². The topological polar surface area (TPSA) is 32.3 Å². The summed E-state index contributed by atoms with van der Waals surface area (Å²) in [6, 6.07) is 8.75. The summed E-state index contributed by atoms with van der Waals surface area (Å²) in [7, 11) is 0. The van der Waals surface area contributed by atoms with Crippen LogP contribution in [0.1, 0.15) is 38.7 Å². The molecule has 0 heterocycles. The van der Waals surface area contributed by atoms with Crippen molar-refractivity contribution >= 4 is 0 Å². The lowest BCUT2D eigenvalue weighted by Gasteiger charge is -2.19. The van der Waals surface area contributed by atoms with Crippen molar-refractivity contribution < 1.29 is 5.11 Å². The molecule has 1 fully saturated rings. The molecular formula is C15H23NO. The van der Waals surface area contributed by atoms with E-state index < -0.39 is 0 Å². The summed E-state index contributed by atoms with van der Waals surface area (Å²) in [4.78, 5) is 0. The normalized spacial score (nSPS) is 26.0.